The van der Waals surface area contributed by atoms with Gasteiger partial charge in [-0.05, 0) is 25.5 Å². The molecule has 1 rings (SSSR count). The average Bonchev–Trinajstić information content (AvgIpc) is 2.29. The molecule has 0 spiro atoms. The summed E-state index contributed by atoms with van der Waals surface area (Å²) in [4.78, 5) is 0.191. The molecule has 0 fully saturated rings. The molecule has 0 aliphatic carbocycles. The fourth-order valence-corrected chi connectivity index (χ4v) is 2.11. The Bertz CT molecular complexity index is 484. The highest BCUT2D eigenvalue weighted by molar-refractivity contribution is 7.86. The summed E-state index contributed by atoms with van der Waals surface area (Å²) < 4.78 is 28.3. The number of hydrogen-bond acceptors (Lipinski definition) is 3. The maximum absolute atomic E-state index is 11.7. The summed E-state index contributed by atoms with van der Waals surface area (Å²) in [6.07, 6.45) is 5.73. The van der Waals surface area contributed by atoms with Crippen LogP contribution >= 0.6 is 0 Å². The Hall–Kier alpha value is -1.39. The van der Waals surface area contributed by atoms with Gasteiger partial charge in [-0.2, -0.15) is 8.42 Å². The third-order valence-corrected chi connectivity index (χ3v) is 3.43. The maximum Gasteiger partial charge on any atom is 0.296 e. The van der Waals surface area contributed by atoms with Crippen molar-refractivity contribution >= 4 is 10.1 Å². The third kappa shape index (κ3) is 4.54. The lowest BCUT2D eigenvalue weighted by Crippen LogP contribution is -2.07. The highest BCUT2D eigenvalue weighted by Gasteiger charge is 2.13. The van der Waals surface area contributed by atoms with E-state index in [0.717, 1.165) is 5.56 Å². The van der Waals surface area contributed by atoms with E-state index in [1.807, 2.05) is 6.92 Å². The lowest BCUT2D eigenvalue weighted by molar-refractivity contribution is 0.324. The second-order valence-electron chi connectivity index (χ2n) is 3.54. The normalized spacial score (nSPS) is 11.8. The van der Waals surface area contributed by atoms with Crippen molar-refractivity contribution in [2.75, 3.05) is 6.61 Å². The molecule has 0 aromatic heterocycles. The van der Waals surface area contributed by atoms with Gasteiger partial charge < -0.3 is 0 Å². The zero-order valence-corrected chi connectivity index (χ0v) is 10.6. The van der Waals surface area contributed by atoms with E-state index in [2.05, 4.69) is 6.58 Å². The van der Waals surface area contributed by atoms with E-state index in [1.54, 1.807) is 42.5 Å². The molecule has 4 heteroatoms. The standard InChI is InChI=1S/C13H16O3S/c1-3-4-5-6-11-16-17(14,15)13-9-7-12(2)8-10-13/h3-5,7-10H,1,6,11H2,2H3/b5-4+. The van der Waals surface area contributed by atoms with Crippen LogP contribution in [0.1, 0.15) is 12.0 Å². The van der Waals surface area contributed by atoms with Crippen LogP contribution in [0.3, 0.4) is 0 Å². The van der Waals surface area contributed by atoms with E-state index in [-0.39, 0.29) is 11.5 Å². The minimum absolute atomic E-state index is 0.139. The predicted octanol–water partition coefficient (Wildman–Crippen LogP) is 2.83. The predicted molar refractivity (Wildman–Crippen MR) is 68.3 cm³/mol. The molecule has 1 aromatic carbocycles. The van der Waals surface area contributed by atoms with Crippen molar-refractivity contribution in [3.8, 4) is 0 Å². The first-order valence-electron chi connectivity index (χ1n) is 5.30. The molecule has 0 unspecified atom stereocenters. The highest BCUT2D eigenvalue weighted by atomic mass is 32.2. The minimum atomic E-state index is -3.62. The summed E-state index contributed by atoms with van der Waals surface area (Å²) in [6, 6.07) is 6.58. The Kier molecular flexibility index (Phi) is 5.12. The van der Waals surface area contributed by atoms with Crippen molar-refractivity contribution in [3.63, 3.8) is 0 Å². The van der Waals surface area contributed by atoms with Gasteiger partial charge >= 0.3 is 0 Å². The summed E-state index contributed by atoms with van der Waals surface area (Å²) >= 11 is 0. The van der Waals surface area contributed by atoms with Crippen molar-refractivity contribution in [3.05, 3.63) is 54.6 Å². The van der Waals surface area contributed by atoms with Gasteiger partial charge in [-0.1, -0.05) is 42.5 Å². The second-order valence-corrected chi connectivity index (χ2v) is 5.16. The van der Waals surface area contributed by atoms with Gasteiger partial charge in [-0.15, -0.1) is 0 Å². The average molecular weight is 252 g/mol. The molecular formula is C13H16O3S. The first-order valence-corrected chi connectivity index (χ1v) is 6.71. The van der Waals surface area contributed by atoms with Gasteiger partial charge in [-0.25, -0.2) is 0 Å². The first kappa shape index (κ1) is 13.7. The molecule has 0 amide bonds. The quantitative estimate of drug-likeness (QED) is 0.444. The Morgan fingerprint density at radius 1 is 1.29 bits per heavy atom. The Morgan fingerprint density at radius 3 is 2.53 bits per heavy atom. The van der Waals surface area contributed by atoms with Crippen LogP contribution in [-0.2, 0) is 14.3 Å². The number of hydrogen-bond donors (Lipinski definition) is 0. The maximum atomic E-state index is 11.7. The first-order chi connectivity index (χ1) is 8.06. The molecule has 92 valence electrons. The molecule has 0 atom stereocenters. The van der Waals surface area contributed by atoms with E-state index in [9.17, 15) is 8.42 Å². The molecule has 3 nitrogen and oxygen atoms in total. The van der Waals surface area contributed by atoms with Gasteiger partial charge in [0.25, 0.3) is 10.1 Å². The zero-order valence-electron chi connectivity index (χ0n) is 9.80. The summed E-state index contributed by atoms with van der Waals surface area (Å²) in [6.45, 7) is 5.56. The van der Waals surface area contributed by atoms with E-state index < -0.39 is 10.1 Å². The number of rotatable bonds is 6. The molecule has 0 aliphatic heterocycles. The van der Waals surface area contributed by atoms with Crippen LogP contribution in [0.2, 0.25) is 0 Å². The van der Waals surface area contributed by atoms with Crippen LogP contribution < -0.4 is 0 Å². The smallest absolute Gasteiger partial charge is 0.266 e. The van der Waals surface area contributed by atoms with Crippen molar-refractivity contribution < 1.29 is 12.6 Å². The van der Waals surface area contributed by atoms with E-state index in [0.29, 0.717) is 6.42 Å². The fraction of sp³-hybridized carbons (Fsp3) is 0.231. The lowest BCUT2D eigenvalue weighted by atomic mass is 10.2. The van der Waals surface area contributed by atoms with Gasteiger partial charge in [0.15, 0.2) is 0 Å². The summed E-state index contributed by atoms with van der Waals surface area (Å²) in [7, 11) is -3.62. The molecule has 17 heavy (non-hydrogen) atoms. The monoisotopic (exact) mass is 252 g/mol. The van der Waals surface area contributed by atoms with Crippen LogP contribution in [0.5, 0.6) is 0 Å². The zero-order chi connectivity index (χ0) is 12.7. The third-order valence-electron chi connectivity index (χ3n) is 2.10. The minimum Gasteiger partial charge on any atom is -0.266 e. The molecule has 0 heterocycles. The van der Waals surface area contributed by atoms with Crippen molar-refractivity contribution in [2.45, 2.75) is 18.2 Å². The molecular weight excluding hydrogens is 236 g/mol. The SMILES string of the molecule is C=C/C=C/CCOS(=O)(=O)c1ccc(C)cc1. The molecule has 0 radical (unpaired) electrons. The van der Waals surface area contributed by atoms with Gasteiger partial charge in [0.1, 0.15) is 0 Å². The molecule has 0 aliphatic rings. The Balaban J connectivity index is 2.60. The lowest BCUT2D eigenvalue weighted by Gasteiger charge is -2.04. The number of benzene rings is 1. The van der Waals surface area contributed by atoms with Crippen LogP contribution in [0.4, 0.5) is 0 Å². The number of allylic oxidation sites excluding steroid dienone is 2. The second kappa shape index (κ2) is 6.37. The molecule has 0 saturated heterocycles. The highest BCUT2D eigenvalue weighted by Crippen LogP contribution is 2.13. The molecule has 0 saturated carbocycles. The van der Waals surface area contributed by atoms with Crippen molar-refractivity contribution in [1.29, 1.82) is 0 Å². The summed E-state index contributed by atoms with van der Waals surface area (Å²) in [5.74, 6) is 0. The van der Waals surface area contributed by atoms with Gasteiger partial charge in [0.05, 0.1) is 11.5 Å². The van der Waals surface area contributed by atoms with Crippen LogP contribution in [0.15, 0.2) is 54.0 Å². The van der Waals surface area contributed by atoms with Gasteiger partial charge in [0.2, 0.25) is 0 Å². The van der Waals surface area contributed by atoms with Gasteiger partial charge in [0, 0.05) is 0 Å². The fourth-order valence-electron chi connectivity index (χ4n) is 1.19. The molecule has 1 aromatic rings. The molecule has 0 bridgehead atoms. The Labute approximate surface area is 103 Å². The summed E-state index contributed by atoms with van der Waals surface area (Å²) in [5.41, 5.74) is 1.01. The van der Waals surface area contributed by atoms with E-state index in [1.165, 1.54) is 0 Å². The van der Waals surface area contributed by atoms with E-state index >= 15 is 0 Å². The Morgan fingerprint density at radius 2 is 1.94 bits per heavy atom. The van der Waals surface area contributed by atoms with Crippen LogP contribution in [0.25, 0.3) is 0 Å². The largest absolute Gasteiger partial charge is 0.296 e. The molecule has 0 N–H and O–H groups in total. The van der Waals surface area contributed by atoms with Crippen LogP contribution in [0, 0.1) is 6.92 Å². The van der Waals surface area contributed by atoms with Gasteiger partial charge in [-0.3, -0.25) is 4.18 Å². The van der Waals surface area contributed by atoms with Crippen molar-refractivity contribution in [1.82, 2.24) is 0 Å². The van der Waals surface area contributed by atoms with E-state index in [4.69, 9.17) is 4.18 Å². The summed E-state index contributed by atoms with van der Waals surface area (Å²) in [5, 5.41) is 0. The topological polar surface area (TPSA) is 43.4 Å². The van der Waals surface area contributed by atoms with Crippen molar-refractivity contribution in [2.24, 2.45) is 0 Å². The van der Waals surface area contributed by atoms with Crippen LogP contribution in [-0.4, -0.2) is 15.0 Å². The number of aryl methyl sites for hydroxylation is 1.